The van der Waals surface area contributed by atoms with Gasteiger partial charge in [-0.25, -0.2) is 28.4 Å². The zero-order chi connectivity index (χ0) is 20.6. The van der Waals surface area contributed by atoms with Gasteiger partial charge < -0.3 is 9.88 Å². The van der Waals surface area contributed by atoms with Crippen molar-refractivity contribution < 1.29 is 8.42 Å². The number of nitrogens with one attached hydrogen (secondary N) is 1. The lowest BCUT2D eigenvalue weighted by molar-refractivity contribution is 0.593. The molecule has 3 aromatic heterocycles. The molecule has 148 valence electrons. The van der Waals surface area contributed by atoms with Crippen LogP contribution < -0.4 is 5.32 Å². The van der Waals surface area contributed by atoms with E-state index in [-0.39, 0.29) is 5.16 Å². The molecular formula is C20H20N6O2S. The van der Waals surface area contributed by atoms with E-state index in [0.29, 0.717) is 0 Å². The van der Waals surface area contributed by atoms with Crippen molar-refractivity contribution in [1.82, 2.24) is 24.5 Å². The zero-order valence-corrected chi connectivity index (χ0v) is 17.1. The Morgan fingerprint density at radius 3 is 2.45 bits per heavy atom. The summed E-state index contributed by atoms with van der Waals surface area (Å²) in [5.41, 5.74) is 5.58. The lowest BCUT2D eigenvalue weighted by atomic mass is 10.0. The number of imidazole rings is 1. The molecule has 0 radical (unpaired) electrons. The Bertz CT molecular complexity index is 1300. The molecule has 0 amide bonds. The maximum atomic E-state index is 11.5. The van der Waals surface area contributed by atoms with Gasteiger partial charge in [0.1, 0.15) is 11.3 Å². The van der Waals surface area contributed by atoms with Gasteiger partial charge in [0.15, 0.2) is 0 Å². The Morgan fingerprint density at radius 1 is 1.00 bits per heavy atom. The molecule has 0 spiro atoms. The number of pyridine rings is 1. The average molecular weight is 408 g/mol. The van der Waals surface area contributed by atoms with E-state index < -0.39 is 9.84 Å². The number of aromatic nitrogens is 5. The molecule has 0 atom stereocenters. The summed E-state index contributed by atoms with van der Waals surface area (Å²) in [5.74, 6) is 0.740. The quantitative estimate of drug-likeness (QED) is 0.506. The molecule has 3 heterocycles. The molecule has 0 aliphatic carbocycles. The van der Waals surface area contributed by atoms with Gasteiger partial charge in [0.2, 0.25) is 15.0 Å². The SMILES string of the molecule is CCc1cc(-c2cnc(S(C)(=O)=O)nc2)ccc1Nc1cc2c(cn1)ncn2C. The van der Waals surface area contributed by atoms with Crippen LogP contribution in [-0.4, -0.2) is 39.2 Å². The van der Waals surface area contributed by atoms with Crippen molar-refractivity contribution in [2.75, 3.05) is 11.6 Å². The van der Waals surface area contributed by atoms with E-state index in [9.17, 15) is 8.42 Å². The van der Waals surface area contributed by atoms with E-state index in [0.717, 1.165) is 51.9 Å². The first kappa shape index (κ1) is 19.0. The van der Waals surface area contributed by atoms with Crippen molar-refractivity contribution in [1.29, 1.82) is 0 Å². The Hall–Kier alpha value is -3.33. The van der Waals surface area contributed by atoms with Crippen LogP contribution >= 0.6 is 0 Å². The first-order valence-electron chi connectivity index (χ1n) is 9.04. The van der Waals surface area contributed by atoms with Crippen LogP contribution in [0.25, 0.3) is 22.2 Å². The molecule has 29 heavy (non-hydrogen) atoms. The van der Waals surface area contributed by atoms with Gasteiger partial charge >= 0.3 is 0 Å². The predicted octanol–water partition coefficient (Wildman–Crippen LogP) is 3.13. The van der Waals surface area contributed by atoms with Crippen molar-refractivity contribution in [3.05, 3.63) is 54.7 Å². The number of hydrogen-bond acceptors (Lipinski definition) is 7. The van der Waals surface area contributed by atoms with Crippen LogP contribution in [0.2, 0.25) is 0 Å². The van der Waals surface area contributed by atoms with Crippen molar-refractivity contribution in [3.8, 4) is 11.1 Å². The summed E-state index contributed by atoms with van der Waals surface area (Å²) in [4.78, 5) is 16.7. The number of rotatable bonds is 5. The van der Waals surface area contributed by atoms with E-state index in [1.165, 1.54) is 12.4 Å². The van der Waals surface area contributed by atoms with E-state index in [1.807, 2.05) is 35.9 Å². The minimum Gasteiger partial charge on any atom is -0.340 e. The van der Waals surface area contributed by atoms with Crippen molar-refractivity contribution in [3.63, 3.8) is 0 Å². The highest BCUT2D eigenvalue weighted by atomic mass is 32.2. The Labute approximate surface area is 168 Å². The van der Waals surface area contributed by atoms with Crippen LogP contribution in [0.4, 0.5) is 11.5 Å². The second-order valence-electron chi connectivity index (χ2n) is 6.79. The van der Waals surface area contributed by atoms with Crippen molar-refractivity contribution >= 4 is 32.4 Å². The number of aryl methyl sites for hydroxylation is 2. The minimum atomic E-state index is -3.42. The smallest absolute Gasteiger partial charge is 0.246 e. The molecule has 4 rings (SSSR count). The number of fused-ring (bicyclic) bond motifs is 1. The molecule has 0 unspecified atom stereocenters. The third kappa shape index (κ3) is 3.81. The average Bonchev–Trinajstić information content (AvgIpc) is 3.08. The van der Waals surface area contributed by atoms with E-state index in [4.69, 9.17) is 0 Å². The molecule has 1 N–H and O–H groups in total. The van der Waals surface area contributed by atoms with Crippen LogP contribution in [0, 0.1) is 0 Å². The van der Waals surface area contributed by atoms with Crippen LogP contribution in [-0.2, 0) is 23.3 Å². The number of hydrogen-bond donors (Lipinski definition) is 1. The first-order valence-corrected chi connectivity index (χ1v) is 10.9. The topological polar surface area (TPSA) is 103 Å². The second-order valence-corrected chi connectivity index (χ2v) is 8.70. The summed E-state index contributed by atoms with van der Waals surface area (Å²) >= 11 is 0. The fourth-order valence-corrected chi connectivity index (χ4v) is 3.57. The largest absolute Gasteiger partial charge is 0.340 e. The molecule has 0 fully saturated rings. The molecule has 1 aromatic carbocycles. The maximum Gasteiger partial charge on any atom is 0.246 e. The highest BCUT2D eigenvalue weighted by Crippen LogP contribution is 2.28. The van der Waals surface area contributed by atoms with Crippen LogP contribution in [0.3, 0.4) is 0 Å². The Morgan fingerprint density at radius 2 is 1.76 bits per heavy atom. The summed E-state index contributed by atoms with van der Waals surface area (Å²) in [7, 11) is -1.47. The van der Waals surface area contributed by atoms with Crippen LogP contribution in [0.5, 0.6) is 0 Å². The maximum absolute atomic E-state index is 11.5. The highest BCUT2D eigenvalue weighted by Gasteiger charge is 2.12. The number of benzene rings is 1. The number of anilines is 2. The van der Waals surface area contributed by atoms with Gasteiger partial charge in [-0.1, -0.05) is 13.0 Å². The lowest BCUT2D eigenvalue weighted by Crippen LogP contribution is -2.03. The standard InChI is InChI=1S/C20H20N6O2S/c1-4-13-7-14(15-9-22-20(23-10-15)29(3,27)28)5-6-16(13)25-19-8-18-17(11-21-19)24-12-26(18)2/h5-12H,4H2,1-3H3,(H,21,25). The normalized spacial score (nSPS) is 11.7. The third-order valence-electron chi connectivity index (χ3n) is 4.65. The molecule has 0 aliphatic rings. The van der Waals surface area contributed by atoms with Gasteiger partial charge in [0, 0.05) is 43.0 Å². The van der Waals surface area contributed by atoms with Crippen molar-refractivity contribution in [2.24, 2.45) is 7.05 Å². The third-order valence-corrected chi connectivity index (χ3v) is 5.53. The molecule has 8 nitrogen and oxygen atoms in total. The molecule has 4 aromatic rings. The molecule has 9 heteroatoms. The summed E-state index contributed by atoms with van der Waals surface area (Å²) < 4.78 is 25.0. The number of nitrogens with zero attached hydrogens (tertiary/aromatic N) is 5. The summed E-state index contributed by atoms with van der Waals surface area (Å²) in [6.45, 7) is 2.07. The first-order chi connectivity index (χ1) is 13.8. The highest BCUT2D eigenvalue weighted by molar-refractivity contribution is 7.90. The van der Waals surface area contributed by atoms with Crippen LogP contribution in [0.15, 0.2) is 54.3 Å². The molecule has 0 bridgehead atoms. The molecule has 0 saturated carbocycles. The Balaban J connectivity index is 1.64. The Kier molecular flexibility index (Phi) is 4.75. The summed E-state index contributed by atoms with van der Waals surface area (Å²) in [6, 6.07) is 7.94. The summed E-state index contributed by atoms with van der Waals surface area (Å²) in [5, 5.41) is 3.20. The van der Waals surface area contributed by atoms with Gasteiger partial charge in [0.25, 0.3) is 0 Å². The second kappa shape index (κ2) is 7.25. The summed E-state index contributed by atoms with van der Waals surface area (Å²) in [6.07, 6.45) is 8.48. The van der Waals surface area contributed by atoms with E-state index >= 15 is 0 Å². The monoisotopic (exact) mass is 408 g/mol. The van der Waals surface area contributed by atoms with Gasteiger partial charge in [-0.3, -0.25) is 0 Å². The fourth-order valence-electron chi connectivity index (χ4n) is 3.08. The van der Waals surface area contributed by atoms with Gasteiger partial charge in [0.05, 0.1) is 18.0 Å². The van der Waals surface area contributed by atoms with Gasteiger partial charge in [-0.15, -0.1) is 0 Å². The lowest BCUT2D eigenvalue weighted by Gasteiger charge is -2.13. The number of sulfone groups is 1. The van der Waals surface area contributed by atoms with E-state index in [1.54, 1.807) is 12.5 Å². The molecular weight excluding hydrogens is 388 g/mol. The van der Waals surface area contributed by atoms with Gasteiger partial charge in [-0.05, 0) is 29.7 Å². The molecule has 0 saturated heterocycles. The minimum absolute atomic E-state index is 0.174. The predicted molar refractivity (Wildman–Crippen MR) is 112 cm³/mol. The molecule has 0 aliphatic heterocycles. The van der Waals surface area contributed by atoms with Crippen LogP contribution in [0.1, 0.15) is 12.5 Å². The van der Waals surface area contributed by atoms with E-state index in [2.05, 4.69) is 32.2 Å². The fraction of sp³-hybridized carbons (Fsp3) is 0.200. The zero-order valence-electron chi connectivity index (χ0n) is 16.3. The van der Waals surface area contributed by atoms with Crippen molar-refractivity contribution in [2.45, 2.75) is 18.5 Å². The van der Waals surface area contributed by atoms with Gasteiger partial charge in [-0.2, -0.15) is 0 Å².